The molecule has 2 aliphatic heterocycles. The van der Waals surface area contributed by atoms with Crippen molar-refractivity contribution in [2.75, 3.05) is 33.2 Å². The highest BCUT2D eigenvalue weighted by Gasteiger charge is 2.33. The lowest BCUT2D eigenvalue weighted by Crippen LogP contribution is -2.42. The van der Waals surface area contributed by atoms with Crippen molar-refractivity contribution < 1.29 is 4.79 Å². The van der Waals surface area contributed by atoms with Crippen molar-refractivity contribution >= 4 is 5.91 Å². The summed E-state index contributed by atoms with van der Waals surface area (Å²) in [7, 11) is 2.16. The summed E-state index contributed by atoms with van der Waals surface area (Å²) in [6.45, 7) is 8.42. The molecule has 4 nitrogen and oxygen atoms in total. The summed E-state index contributed by atoms with van der Waals surface area (Å²) in [5.74, 6) is 0.995. The van der Waals surface area contributed by atoms with E-state index in [0.717, 1.165) is 26.1 Å². The molecule has 2 unspecified atom stereocenters. The van der Waals surface area contributed by atoms with Gasteiger partial charge in [0.25, 0.3) is 0 Å². The minimum atomic E-state index is 0.0640. The number of likely N-dealkylation sites (tertiary alicyclic amines) is 2. The maximum Gasteiger partial charge on any atom is 0.239 e. The smallest absolute Gasteiger partial charge is 0.239 e. The number of nitrogens with zero attached hydrogens (tertiary/aromatic N) is 2. The molecule has 17 heavy (non-hydrogen) atoms. The first-order valence-corrected chi connectivity index (χ1v) is 6.79. The second-order valence-corrected chi connectivity index (χ2v) is 5.86. The Bertz CT molecular complexity index is 280. The average molecular weight is 239 g/mol. The van der Waals surface area contributed by atoms with Crippen LogP contribution >= 0.6 is 0 Å². The average Bonchev–Trinajstić information content (AvgIpc) is 2.79. The number of hydrogen-bond acceptors (Lipinski definition) is 3. The van der Waals surface area contributed by atoms with E-state index in [2.05, 4.69) is 36.0 Å². The SMILES string of the molecule is CC(C)NC1CCN(CC2CCN(C)C2)C1=O. The van der Waals surface area contributed by atoms with Gasteiger partial charge in [-0.15, -0.1) is 0 Å². The van der Waals surface area contributed by atoms with Crippen LogP contribution < -0.4 is 5.32 Å². The third-order valence-electron chi connectivity index (χ3n) is 3.80. The highest BCUT2D eigenvalue weighted by molar-refractivity contribution is 5.84. The zero-order chi connectivity index (χ0) is 12.4. The van der Waals surface area contributed by atoms with E-state index in [1.165, 1.54) is 13.0 Å². The molecular weight excluding hydrogens is 214 g/mol. The Labute approximate surface area is 104 Å². The van der Waals surface area contributed by atoms with E-state index >= 15 is 0 Å². The van der Waals surface area contributed by atoms with Crippen molar-refractivity contribution in [2.24, 2.45) is 5.92 Å². The van der Waals surface area contributed by atoms with Gasteiger partial charge in [0.05, 0.1) is 6.04 Å². The van der Waals surface area contributed by atoms with Crippen LogP contribution in [0, 0.1) is 5.92 Å². The van der Waals surface area contributed by atoms with Crippen LogP contribution in [0.25, 0.3) is 0 Å². The largest absolute Gasteiger partial charge is 0.341 e. The van der Waals surface area contributed by atoms with Crippen LogP contribution in [-0.4, -0.2) is 61.0 Å². The molecule has 1 amide bonds. The summed E-state index contributed by atoms with van der Waals surface area (Å²) in [6, 6.07) is 0.454. The zero-order valence-corrected chi connectivity index (χ0v) is 11.3. The van der Waals surface area contributed by atoms with Crippen LogP contribution in [0.5, 0.6) is 0 Å². The van der Waals surface area contributed by atoms with E-state index in [1.807, 2.05) is 0 Å². The first-order valence-electron chi connectivity index (χ1n) is 6.79. The van der Waals surface area contributed by atoms with Crippen molar-refractivity contribution in [3.05, 3.63) is 0 Å². The first-order chi connectivity index (χ1) is 8.06. The lowest BCUT2D eigenvalue weighted by Gasteiger charge is -2.21. The van der Waals surface area contributed by atoms with Crippen molar-refractivity contribution in [1.29, 1.82) is 0 Å². The van der Waals surface area contributed by atoms with Gasteiger partial charge in [-0.25, -0.2) is 0 Å². The van der Waals surface area contributed by atoms with Gasteiger partial charge < -0.3 is 15.1 Å². The minimum Gasteiger partial charge on any atom is -0.341 e. The molecule has 0 aromatic carbocycles. The molecule has 0 bridgehead atoms. The standard InChI is InChI=1S/C13H25N3O/c1-10(2)14-12-5-7-16(13(12)17)9-11-4-6-15(3)8-11/h10-12,14H,4-9H2,1-3H3. The number of hydrogen-bond donors (Lipinski definition) is 1. The normalized spacial score (nSPS) is 30.8. The lowest BCUT2D eigenvalue weighted by atomic mass is 10.1. The Balaban J connectivity index is 1.81. The molecule has 0 radical (unpaired) electrons. The van der Waals surface area contributed by atoms with Crippen molar-refractivity contribution in [2.45, 2.75) is 38.8 Å². The first kappa shape index (κ1) is 12.8. The molecule has 1 N–H and O–H groups in total. The van der Waals surface area contributed by atoms with Crippen LogP contribution in [0.1, 0.15) is 26.7 Å². The molecule has 0 saturated carbocycles. The fourth-order valence-corrected chi connectivity index (χ4v) is 2.96. The van der Waals surface area contributed by atoms with Crippen LogP contribution in [0.2, 0.25) is 0 Å². The summed E-state index contributed by atoms with van der Waals surface area (Å²) in [5, 5.41) is 3.35. The number of carbonyl (C=O) groups excluding carboxylic acids is 1. The van der Waals surface area contributed by atoms with E-state index < -0.39 is 0 Å². The number of carbonyl (C=O) groups is 1. The quantitative estimate of drug-likeness (QED) is 0.777. The van der Waals surface area contributed by atoms with Gasteiger partial charge in [0.1, 0.15) is 0 Å². The Hall–Kier alpha value is -0.610. The van der Waals surface area contributed by atoms with Crippen molar-refractivity contribution in [1.82, 2.24) is 15.1 Å². The summed E-state index contributed by atoms with van der Waals surface area (Å²) in [5.41, 5.74) is 0. The summed E-state index contributed by atoms with van der Waals surface area (Å²) >= 11 is 0. The van der Waals surface area contributed by atoms with Crippen molar-refractivity contribution in [3.8, 4) is 0 Å². The molecule has 2 fully saturated rings. The highest BCUT2D eigenvalue weighted by atomic mass is 16.2. The van der Waals surface area contributed by atoms with Gasteiger partial charge in [-0.3, -0.25) is 4.79 Å². The molecule has 2 heterocycles. The highest BCUT2D eigenvalue weighted by Crippen LogP contribution is 2.19. The molecule has 0 aromatic heterocycles. The van der Waals surface area contributed by atoms with Crippen LogP contribution in [0.3, 0.4) is 0 Å². The molecule has 0 aromatic rings. The third kappa shape index (κ3) is 3.19. The van der Waals surface area contributed by atoms with E-state index in [1.54, 1.807) is 0 Å². The monoisotopic (exact) mass is 239 g/mol. The molecule has 2 aliphatic rings. The van der Waals surface area contributed by atoms with Gasteiger partial charge in [0.2, 0.25) is 5.91 Å². The summed E-state index contributed by atoms with van der Waals surface area (Å²) < 4.78 is 0. The predicted octanol–water partition coefficient (Wildman–Crippen LogP) is 0.537. The third-order valence-corrected chi connectivity index (χ3v) is 3.80. The fraction of sp³-hybridized carbons (Fsp3) is 0.923. The Morgan fingerprint density at radius 2 is 2.12 bits per heavy atom. The summed E-state index contributed by atoms with van der Waals surface area (Å²) in [6.07, 6.45) is 2.21. The molecule has 2 atom stereocenters. The van der Waals surface area contributed by atoms with Gasteiger partial charge in [0.15, 0.2) is 0 Å². The molecule has 0 spiro atoms. The molecule has 2 saturated heterocycles. The van der Waals surface area contributed by atoms with E-state index in [9.17, 15) is 4.79 Å². The summed E-state index contributed by atoms with van der Waals surface area (Å²) in [4.78, 5) is 16.6. The Morgan fingerprint density at radius 3 is 2.71 bits per heavy atom. The second-order valence-electron chi connectivity index (χ2n) is 5.86. The number of rotatable bonds is 4. The maximum atomic E-state index is 12.2. The van der Waals surface area contributed by atoms with E-state index in [0.29, 0.717) is 17.9 Å². The van der Waals surface area contributed by atoms with E-state index in [4.69, 9.17) is 0 Å². The zero-order valence-electron chi connectivity index (χ0n) is 11.3. The Kier molecular flexibility index (Phi) is 4.05. The van der Waals surface area contributed by atoms with E-state index in [-0.39, 0.29) is 6.04 Å². The lowest BCUT2D eigenvalue weighted by molar-refractivity contribution is -0.130. The predicted molar refractivity (Wildman–Crippen MR) is 68.9 cm³/mol. The van der Waals surface area contributed by atoms with Crippen LogP contribution in [0.4, 0.5) is 0 Å². The number of nitrogens with one attached hydrogen (secondary N) is 1. The molecule has 2 rings (SSSR count). The molecule has 4 heteroatoms. The molecule has 98 valence electrons. The number of amides is 1. The Morgan fingerprint density at radius 1 is 1.35 bits per heavy atom. The van der Waals surface area contributed by atoms with Gasteiger partial charge >= 0.3 is 0 Å². The maximum absolute atomic E-state index is 12.2. The molecular formula is C13H25N3O. The van der Waals surface area contributed by atoms with Gasteiger partial charge in [-0.2, -0.15) is 0 Å². The van der Waals surface area contributed by atoms with Gasteiger partial charge in [0, 0.05) is 25.7 Å². The minimum absolute atomic E-state index is 0.0640. The van der Waals surface area contributed by atoms with Crippen LogP contribution in [0.15, 0.2) is 0 Å². The van der Waals surface area contributed by atoms with Crippen molar-refractivity contribution in [3.63, 3.8) is 0 Å². The van der Waals surface area contributed by atoms with Crippen LogP contribution in [-0.2, 0) is 4.79 Å². The topological polar surface area (TPSA) is 35.6 Å². The van der Waals surface area contributed by atoms with Gasteiger partial charge in [-0.1, -0.05) is 13.8 Å². The molecule has 0 aliphatic carbocycles. The second kappa shape index (κ2) is 5.36. The van der Waals surface area contributed by atoms with Gasteiger partial charge in [-0.05, 0) is 32.4 Å². The fourth-order valence-electron chi connectivity index (χ4n) is 2.96.